The van der Waals surface area contributed by atoms with Crippen LogP contribution in [0.1, 0.15) is 24.4 Å². The molecule has 1 amide bonds. The summed E-state index contributed by atoms with van der Waals surface area (Å²) >= 11 is 0. The van der Waals surface area contributed by atoms with Gasteiger partial charge in [0.1, 0.15) is 5.82 Å². The molecule has 0 saturated carbocycles. The summed E-state index contributed by atoms with van der Waals surface area (Å²) in [5.41, 5.74) is 2.20. The third-order valence-corrected chi connectivity index (χ3v) is 4.47. The molecule has 2 aromatic carbocycles. The smallest absolute Gasteiger partial charge is 0.258 e. The molecule has 24 heavy (non-hydrogen) atoms. The molecule has 2 heterocycles. The molecule has 4 rings (SSSR count). The Hall–Kier alpha value is -2.95. The average Bonchev–Trinajstić information content (AvgIpc) is 3.01. The Morgan fingerprint density at radius 3 is 2.50 bits per heavy atom. The lowest BCUT2D eigenvalue weighted by Gasteiger charge is -2.11. The van der Waals surface area contributed by atoms with Crippen molar-refractivity contribution in [3.05, 3.63) is 70.4 Å². The third-order valence-electron chi connectivity index (χ3n) is 4.47. The normalized spacial score (nSPS) is 17.2. The van der Waals surface area contributed by atoms with E-state index in [0.29, 0.717) is 17.4 Å². The zero-order valence-electron chi connectivity index (χ0n) is 12.8. The van der Waals surface area contributed by atoms with Crippen molar-refractivity contribution >= 4 is 16.7 Å². The maximum atomic E-state index is 14.3. The van der Waals surface area contributed by atoms with Crippen molar-refractivity contribution in [1.82, 2.24) is 10.3 Å². The van der Waals surface area contributed by atoms with Crippen LogP contribution >= 0.6 is 0 Å². The third kappa shape index (κ3) is 2.48. The summed E-state index contributed by atoms with van der Waals surface area (Å²) in [6.45, 7) is 0. The first-order valence-electron chi connectivity index (χ1n) is 7.82. The average molecular weight is 322 g/mol. The van der Waals surface area contributed by atoms with Gasteiger partial charge in [-0.05, 0) is 46.7 Å². The first kappa shape index (κ1) is 14.6. The zero-order valence-corrected chi connectivity index (χ0v) is 12.8. The predicted octanol–water partition coefficient (Wildman–Crippen LogP) is 3.29. The Bertz CT molecular complexity index is 992. The molecule has 1 unspecified atom stereocenters. The van der Waals surface area contributed by atoms with Crippen molar-refractivity contribution in [3.8, 4) is 11.1 Å². The molecule has 2 N–H and O–H groups in total. The number of carbonyl (C=O) groups excluding carboxylic acids is 1. The van der Waals surface area contributed by atoms with Gasteiger partial charge in [0.15, 0.2) is 0 Å². The van der Waals surface area contributed by atoms with E-state index in [4.69, 9.17) is 0 Å². The van der Waals surface area contributed by atoms with Crippen LogP contribution in [0.5, 0.6) is 0 Å². The van der Waals surface area contributed by atoms with Crippen LogP contribution in [0.3, 0.4) is 0 Å². The van der Waals surface area contributed by atoms with Crippen LogP contribution in [0.15, 0.2) is 53.5 Å². The van der Waals surface area contributed by atoms with Crippen LogP contribution in [0, 0.1) is 5.82 Å². The minimum atomic E-state index is -0.531. The highest BCUT2D eigenvalue weighted by Crippen LogP contribution is 2.28. The molecule has 0 spiro atoms. The molecule has 1 fully saturated rings. The highest BCUT2D eigenvalue weighted by atomic mass is 19.1. The van der Waals surface area contributed by atoms with Crippen LogP contribution in [0.2, 0.25) is 0 Å². The fraction of sp³-hybridized carbons (Fsp3) is 0.158. The van der Waals surface area contributed by atoms with Crippen molar-refractivity contribution in [2.75, 3.05) is 0 Å². The number of aromatic nitrogens is 1. The lowest BCUT2D eigenvalue weighted by Crippen LogP contribution is -2.18. The Labute approximate surface area is 137 Å². The Kier molecular flexibility index (Phi) is 3.41. The van der Waals surface area contributed by atoms with E-state index in [9.17, 15) is 14.0 Å². The summed E-state index contributed by atoms with van der Waals surface area (Å²) in [4.78, 5) is 25.5. The second-order valence-electron chi connectivity index (χ2n) is 6.01. The van der Waals surface area contributed by atoms with E-state index in [1.54, 1.807) is 12.1 Å². The molecular formula is C19H15FN2O2. The van der Waals surface area contributed by atoms with E-state index < -0.39 is 11.4 Å². The minimum Gasteiger partial charge on any atom is -0.349 e. The lowest BCUT2D eigenvalue weighted by atomic mass is 9.98. The number of nitrogens with one attached hydrogen (secondary N) is 2. The molecule has 0 bridgehead atoms. The molecule has 1 atom stereocenters. The minimum absolute atomic E-state index is 0.0541. The predicted molar refractivity (Wildman–Crippen MR) is 90.1 cm³/mol. The van der Waals surface area contributed by atoms with Gasteiger partial charge in [0, 0.05) is 12.6 Å². The largest absolute Gasteiger partial charge is 0.349 e. The van der Waals surface area contributed by atoms with Crippen molar-refractivity contribution in [2.24, 2.45) is 0 Å². The molecule has 5 heteroatoms. The summed E-state index contributed by atoms with van der Waals surface area (Å²) in [6.07, 6.45) is 2.86. The van der Waals surface area contributed by atoms with Gasteiger partial charge >= 0.3 is 0 Å². The van der Waals surface area contributed by atoms with Crippen LogP contribution in [-0.4, -0.2) is 10.9 Å². The van der Waals surface area contributed by atoms with Gasteiger partial charge in [0.25, 0.3) is 5.56 Å². The fourth-order valence-corrected chi connectivity index (χ4v) is 3.22. The second kappa shape index (κ2) is 5.60. The quantitative estimate of drug-likeness (QED) is 0.760. The number of halogens is 1. The number of pyridine rings is 1. The molecule has 3 aromatic rings. The van der Waals surface area contributed by atoms with E-state index in [0.717, 1.165) is 17.5 Å². The number of amides is 1. The molecule has 0 aliphatic carbocycles. The maximum Gasteiger partial charge on any atom is 0.258 e. The number of hydrogen-bond acceptors (Lipinski definition) is 2. The van der Waals surface area contributed by atoms with Gasteiger partial charge in [0.05, 0.1) is 11.4 Å². The van der Waals surface area contributed by atoms with E-state index in [1.165, 1.54) is 12.3 Å². The Balaban J connectivity index is 1.72. The van der Waals surface area contributed by atoms with Crippen LogP contribution < -0.4 is 10.9 Å². The molecule has 1 aliphatic heterocycles. The SMILES string of the molecule is O=C1CCC(c2ccc(-c3cc(F)c4c(=O)[nH]ccc4c3)cc2)N1. The molecule has 1 aliphatic rings. The number of fused-ring (bicyclic) bond motifs is 1. The standard InChI is InChI=1S/C19H15FN2O2/c20-15-10-14(9-13-7-8-21-19(24)18(13)15)11-1-3-12(4-2-11)16-5-6-17(23)22-16/h1-4,7-10,16H,5-6H2,(H,21,24)(H,22,23). The molecule has 120 valence electrons. The van der Waals surface area contributed by atoms with Gasteiger partial charge in [-0.15, -0.1) is 0 Å². The highest BCUT2D eigenvalue weighted by Gasteiger charge is 2.22. The Morgan fingerprint density at radius 1 is 1.00 bits per heavy atom. The maximum absolute atomic E-state index is 14.3. The number of hydrogen-bond donors (Lipinski definition) is 2. The number of carbonyl (C=O) groups is 1. The van der Waals surface area contributed by atoms with Crippen molar-refractivity contribution in [3.63, 3.8) is 0 Å². The van der Waals surface area contributed by atoms with E-state index in [1.807, 2.05) is 24.3 Å². The lowest BCUT2D eigenvalue weighted by molar-refractivity contribution is -0.119. The monoisotopic (exact) mass is 322 g/mol. The molecule has 1 aromatic heterocycles. The first-order valence-corrected chi connectivity index (χ1v) is 7.82. The fourth-order valence-electron chi connectivity index (χ4n) is 3.22. The number of aromatic amines is 1. The van der Waals surface area contributed by atoms with Crippen molar-refractivity contribution < 1.29 is 9.18 Å². The van der Waals surface area contributed by atoms with Gasteiger partial charge in [-0.3, -0.25) is 9.59 Å². The summed E-state index contributed by atoms with van der Waals surface area (Å²) in [5.74, 6) is -0.456. The van der Waals surface area contributed by atoms with Crippen LogP contribution in [0.25, 0.3) is 21.9 Å². The molecular weight excluding hydrogens is 307 g/mol. The van der Waals surface area contributed by atoms with E-state index in [-0.39, 0.29) is 17.3 Å². The summed E-state index contributed by atoms with van der Waals surface area (Å²) in [7, 11) is 0. The molecule has 4 nitrogen and oxygen atoms in total. The number of benzene rings is 2. The van der Waals surface area contributed by atoms with Gasteiger partial charge in [-0.2, -0.15) is 0 Å². The summed E-state index contributed by atoms with van der Waals surface area (Å²) in [6, 6.07) is 12.6. The highest BCUT2D eigenvalue weighted by molar-refractivity contribution is 5.87. The molecule has 1 saturated heterocycles. The van der Waals surface area contributed by atoms with Crippen LogP contribution in [0.4, 0.5) is 4.39 Å². The second-order valence-corrected chi connectivity index (χ2v) is 6.01. The Morgan fingerprint density at radius 2 is 1.79 bits per heavy atom. The number of rotatable bonds is 2. The summed E-state index contributed by atoms with van der Waals surface area (Å²) in [5, 5.41) is 3.58. The topological polar surface area (TPSA) is 62.0 Å². The van der Waals surface area contributed by atoms with E-state index >= 15 is 0 Å². The first-order chi connectivity index (χ1) is 11.6. The number of H-pyrrole nitrogens is 1. The molecule has 0 radical (unpaired) electrons. The van der Waals surface area contributed by atoms with Crippen molar-refractivity contribution in [1.29, 1.82) is 0 Å². The van der Waals surface area contributed by atoms with Gasteiger partial charge in [0.2, 0.25) is 5.91 Å². The zero-order chi connectivity index (χ0) is 16.7. The van der Waals surface area contributed by atoms with Crippen LogP contribution in [-0.2, 0) is 4.79 Å². The van der Waals surface area contributed by atoms with Crippen molar-refractivity contribution in [2.45, 2.75) is 18.9 Å². The van der Waals surface area contributed by atoms with Gasteiger partial charge in [-0.1, -0.05) is 24.3 Å². The summed E-state index contributed by atoms with van der Waals surface area (Å²) < 4.78 is 14.3. The van der Waals surface area contributed by atoms with Gasteiger partial charge in [-0.25, -0.2) is 4.39 Å². The van der Waals surface area contributed by atoms with E-state index in [2.05, 4.69) is 10.3 Å². The van der Waals surface area contributed by atoms with Gasteiger partial charge < -0.3 is 10.3 Å².